The normalized spacial score (nSPS) is 15.0. The van der Waals surface area contributed by atoms with Gasteiger partial charge in [-0.3, -0.25) is 29.9 Å². The summed E-state index contributed by atoms with van der Waals surface area (Å²) < 4.78 is 5.24. The summed E-state index contributed by atoms with van der Waals surface area (Å²) in [7, 11) is 0. The first-order valence-electron chi connectivity index (χ1n) is 7.49. The molecular weight excluding hydrogens is 320 g/mol. The summed E-state index contributed by atoms with van der Waals surface area (Å²) in [6.07, 6.45) is 0.711. The molecule has 0 spiro atoms. The topological polar surface area (TPSA) is 128 Å². The predicted octanol–water partition coefficient (Wildman–Crippen LogP) is 0.955. The number of nitro benzene ring substituents is 2. The molecule has 1 aliphatic heterocycles. The highest BCUT2D eigenvalue weighted by Gasteiger charge is 2.19. The first kappa shape index (κ1) is 17.8. The number of hydrogen-bond acceptors (Lipinski definition) is 7. The van der Waals surface area contributed by atoms with E-state index in [1.807, 2.05) is 0 Å². The van der Waals surface area contributed by atoms with Crippen molar-refractivity contribution in [2.75, 3.05) is 39.4 Å². The van der Waals surface area contributed by atoms with Crippen LogP contribution >= 0.6 is 0 Å². The van der Waals surface area contributed by atoms with Crippen molar-refractivity contribution in [3.05, 3.63) is 44.0 Å². The van der Waals surface area contributed by atoms with E-state index in [1.54, 1.807) is 0 Å². The molecule has 1 amide bonds. The summed E-state index contributed by atoms with van der Waals surface area (Å²) in [4.78, 5) is 34.4. The fraction of sp³-hybridized carbons (Fsp3) is 0.500. The molecule has 1 saturated heterocycles. The Morgan fingerprint density at radius 2 is 1.71 bits per heavy atom. The van der Waals surface area contributed by atoms with Gasteiger partial charge in [0.2, 0.25) is 0 Å². The van der Waals surface area contributed by atoms with Crippen LogP contribution in [0.1, 0.15) is 16.8 Å². The van der Waals surface area contributed by atoms with E-state index in [9.17, 15) is 25.0 Å². The zero-order valence-corrected chi connectivity index (χ0v) is 13.0. The van der Waals surface area contributed by atoms with Gasteiger partial charge in [-0.05, 0) is 13.0 Å². The van der Waals surface area contributed by atoms with E-state index in [4.69, 9.17) is 4.74 Å². The van der Waals surface area contributed by atoms with Gasteiger partial charge in [0, 0.05) is 31.8 Å². The standard InChI is InChI=1S/C14H18N4O6/c19-14(15-2-1-3-16-4-6-24-7-5-16)11-8-12(17(20)21)10-13(9-11)18(22)23/h8-10H,1-7H2,(H,15,19). The third-order valence-corrected chi connectivity index (χ3v) is 3.63. The van der Waals surface area contributed by atoms with Crippen molar-refractivity contribution in [2.24, 2.45) is 0 Å². The molecular formula is C14H18N4O6. The molecule has 1 aliphatic rings. The number of nitrogens with one attached hydrogen (secondary N) is 1. The smallest absolute Gasteiger partial charge is 0.277 e. The predicted molar refractivity (Wildman–Crippen MR) is 84.0 cm³/mol. The molecule has 10 nitrogen and oxygen atoms in total. The van der Waals surface area contributed by atoms with E-state index < -0.39 is 27.1 Å². The lowest BCUT2D eigenvalue weighted by Crippen LogP contribution is -2.38. The molecule has 0 aromatic heterocycles. The second-order valence-corrected chi connectivity index (χ2v) is 5.32. The Hall–Kier alpha value is -2.59. The van der Waals surface area contributed by atoms with Gasteiger partial charge in [-0.15, -0.1) is 0 Å². The molecule has 0 unspecified atom stereocenters. The number of amides is 1. The van der Waals surface area contributed by atoms with Crippen molar-refractivity contribution in [3.63, 3.8) is 0 Å². The first-order chi connectivity index (χ1) is 11.5. The maximum absolute atomic E-state index is 12.1. The number of carbonyl (C=O) groups is 1. The lowest BCUT2D eigenvalue weighted by molar-refractivity contribution is -0.394. The fourth-order valence-corrected chi connectivity index (χ4v) is 2.37. The van der Waals surface area contributed by atoms with Crippen molar-refractivity contribution in [1.29, 1.82) is 0 Å². The van der Waals surface area contributed by atoms with Gasteiger partial charge in [0.05, 0.1) is 34.7 Å². The lowest BCUT2D eigenvalue weighted by atomic mass is 10.1. The van der Waals surface area contributed by atoms with Gasteiger partial charge in [0.25, 0.3) is 17.3 Å². The van der Waals surface area contributed by atoms with Gasteiger partial charge >= 0.3 is 0 Å². The Morgan fingerprint density at radius 3 is 2.25 bits per heavy atom. The number of non-ortho nitro benzene ring substituents is 2. The molecule has 130 valence electrons. The third kappa shape index (κ3) is 4.96. The minimum atomic E-state index is -0.762. The molecule has 0 bridgehead atoms. The summed E-state index contributed by atoms with van der Waals surface area (Å²) in [6.45, 7) is 4.29. The largest absolute Gasteiger partial charge is 0.379 e. The highest BCUT2D eigenvalue weighted by Crippen LogP contribution is 2.22. The Labute approximate surface area is 137 Å². The number of rotatable bonds is 7. The van der Waals surface area contributed by atoms with Gasteiger partial charge in [0.15, 0.2) is 0 Å². The summed E-state index contributed by atoms with van der Waals surface area (Å²) in [5.74, 6) is -0.566. The molecule has 1 aromatic carbocycles. The number of ether oxygens (including phenoxy) is 1. The molecule has 0 radical (unpaired) electrons. The van der Waals surface area contributed by atoms with E-state index in [1.165, 1.54) is 0 Å². The molecule has 1 fully saturated rings. The average Bonchev–Trinajstić information content (AvgIpc) is 2.59. The van der Waals surface area contributed by atoms with Crippen LogP contribution in [0.2, 0.25) is 0 Å². The number of hydrogen-bond donors (Lipinski definition) is 1. The van der Waals surface area contributed by atoms with Crippen LogP contribution in [0.3, 0.4) is 0 Å². The zero-order valence-electron chi connectivity index (χ0n) is 13.0. The number of benzene rings is 1. The van der Waals surface area contributed by atoms with Crippen LogP contribution < -0.4 is 5.32 Å². The van der Waals surface area contributed by atoms with Crippen molar-refractivity contribution in [2.45, 2.75) is 6.42 Å². The van der Waals surface area contributed by atoms with Gasteiger partial charge in [-0.1, -0.05) is 0 Å². The second kappa shape index (κ2) is 8.31. The Kier molecular flexibility index (Phi) is 6.15. The Balaban J connectivity index is 1.91. The third-order valence-electron chi connectivity index (χ3n) is 3.63. The zero-order chi connectivity index (χ0) is 17.5. The van der Waals surface area contributed by atoms with E-state index in [-0.39, 0.29) is 5.56 Å². The monoisotopic (exact) mass is 338 g/mol. The molecule has 24 heavy (non-hydrogen) atoms. The van der Waals surface area contributed by atoms with Crippen molar-refractivity contribution in [3.8, 4) is 0 Å². The molecule has 0 saturated carbocycles. The summed E-state index contributed by atoms with van der Waals surface area (Å²) in [5.41, 5.74) is -1.06. The Bertz CT molecular complexity index is 597. The maximum atomic E-state index is 12.1. The molecule has 10 heteroatoms. The molecule has 0 atom stereocenters. The van der Waals surface area contributed by atoms with Gasteiger partial charge in [-0.2, -0.15) is 0 Å². The van der Waals surface area contributed by atoms with Crippen LogP contribution in [0.5, 0.6) is 0 Å². The van der Waals surface area contributed by atoms with Crippen LogP contribution in [-0.4, -0.2) is 60.0 Å². The van der Waals surface area contributed by atoms with Gasteiger partial charge in [0.1, 0.15) is 0 Å². The van der Waals surface area contributed by atoms with Crippen molar-refractivity contribution in [1.82, 2.24) is 10.2 Å². The number of carbonyl (C=O) groups excluding carboxylic acids is 1. The number of nitrogens with zero attached hydrogens (tertiary/aromatic N) is 3. The highest BCUT2D eigenvalue weighted by atomic mass is 16.6. The van der Waals surface area contributed by atoms with Crippen LogP contribution in [0, 0.1) is 20.2 Å². The minimum Gasteiger partial charge on any atom is -0.379 e. The molecule has 0 aliphatic carbocycles. The summed E-state index contributed by atoms with van der Waals surface area (Å²) in [5, 5.41) is 24.3. The summed E-state index contributed by atoms with van der Waals surface area (Å²) in [6, 6.07) is 2.89. The van der Waals surface area contributed by atoms with E-state index in [0.717, 1.165) is 37.8 Å². The molecule has 1 N–H and O–H groups in total. The quantitative estimate of drug-likeness (QED) is 0.445. The van der Waals surface area contributed by atoms with E-state index in [0.29, 0.717) is 26.2 Å². The van der Waals surface area contributed by atoms with Crippen LogP contribution in [0.15, 0.2) is 18.2 Å². The lowest BCUT2D eigenvalue weighted by Gasteiger charge is -2.26. The first-order valence-corrected chi connectivity index (χ1v) is 7.49. The van der Waals surface area contributed by atoms with E-state index in [2.05, 4.69) is 10.2 Å². The highest BCUT2D eigenvalue weighted by molar-refractivity contribution is 5.95. The molecule has 2 rings (SSSR count). The van der Waals surface area contributed by atoms with Crippen LogP contribution in [-0.2, 0) is 4.74 Å². The van der Waals surface area contributed by atoms with E-state index >= 15 is 0 Å². The number of nitro groups is 2. The molecule has 1 aromatic rings. The second-order valence-electron chi connectivity index (χ2n) is 5.32. The minimum absolute atomic E-state index is 0.0951. The maximum Gasteiger partial charge on any atom is 0.277 e. The average molecular weight is 338 g/mol. The Morgan fingerprint density at radius 1 is 1.12 bits per heavy atom. The van der Waals surface area contributed by atoms with Crippen LogP contribution in [0.25, 0.3) is 0 Å². The van der Waals surface area contributed by atoms with Gasteiger partial charge in [-0.25, -0.2) is 0 Å². The molecule has 1 heterocycles. The fourth-order valence-electron chi connectivity index (χ4n) is 2.37. The van der Waals surface area contributed by atoms with Crippen molar-refractivity contribution >= 4 is 17.3 Å². The van der Waals surface area contributed by atoms with Gasteiger partial charge < -0.3 is 10.1 Å². The SMILES string of the molecule is O=C(NCCCN1CCOCC1)c1cc([N+](=O)[O-])cc([N+](=O)[O-])c1. The van der Waals surface area contributed by atoms with Crippen molar-refractivity contribution < 1.29 is 19.4 Å². The summed E-state index contributed by atoms with van der Waals surface area (Å²) >= 11 is 0. The number of morpholine rings is 1. The van der Waals surface area contributed by atoms with Crippen LogP contribution in [0.4, 0.5) is 11.4 Å².